The Bertz CT molecular complexity index is 191. The first-order valence-corrected chi connectivity index (χ1v) is 6.79. The molecule has 0 aromatic carbocycles. The Balaban J connectivity index is 2.72. The zero-order chi connectivity index (χ0) is 10.8. The van der Waals surface area contributed by atoms with Crippen LogP contribution in [-0.4, -0.2) is 36.8 Å². The van der Waals surface area contributed by atoms with Gasteiger partial charge in [-0.1, -0.05) is 0 Å². The van der Waals surface area contributed by atoms with Gasteiger partial charge in [-0.15, -0.1) is 0 Å². The van der Waals surface area contributed by atoms with Crippen LogP contribution in [0.4, 0.5) is 0 Å². The molecule has 5 heteroatoms. The zero-order valence-electron chi connectivity index (χ0n) is 9.40. The molecule has 14 heavy (non-hydrogen) atoms. The third-order valence-corrected chi connectivity index (χ3v) is 5.11. The van der Waals surface area contributed by atoms with E-state index in [4.69, 9.17) is 9.26 Å². The van der Waals surface area contributed by atoms with E-state index in [1.807, 2.05) is 25.4 Å². The Morgan fingerprint density at radius 1 is 1.64 bits per heavy atom. The van der Waals surface area contributed by atoms with E-state index in [0.717, 1.165) is 13.0 Å². The molecule has 84 valence electrons. The maximum atomic E-state index is 12.4. The van der Waals surface area contributed by atoms with Gasteiger partial charge >= 0.3 is 0 Å². The van der Waals surface area contributed by atoms with E-state index in [1.165, 1.54) is 0 Å². The molecular weight excluding hydrogens is 201 g/mol. The molecule has 1 unspecified atom stereocenters. The van der Waals surface area contributed by atoms with Crippen LogP contribution in [0.25, 0.3) is 0 Å². The summed E-state index contributed by atoms with van der Waals surface area (Å²) in [4.78, 5) is 12.4. The van der Waals surface area contributed by atoms with Crippen molar-refractivity contribution in [1.29, 1.82) is 0 Å². The number of rotatable bonds is 3. The second-order valence-electron chi connectivity index (χ2n) is 4.02. The third kappa shape index (κ3) is 2.65. The van der Waals surface area contributed by atoms with Gasteiger partial charge in [0.1, 0.15) is 6.10 Å². The predicted octanol–water partition coefficient (Wildman–Crippen LogP) is 1.23. The van der Waals surface area contributed by atoms with Crippen LogP contribution in [0.2, 0.25) is 0 Å². The summed E-state index contributed by atoms with van der Waals surface area (Å²) in [5.74, 6) is 0. The zero-order valence-corrected chi connectivity index (χ0v) is 10.3. The molecule has 1 saturated heterocycles. The lowest BCUT2D eigenvalue weighted by Crippen LogP contribution is -2.45. The summed E-state index contributed by atoms with van der Waals surface area (Å²) in [5, 5.41) is 0. The van der Waals surface area contributed by atoms with Crippen LogP contribution in [0.3, 0.4) is 0 Å². The summed E-state index contributed by atoms with van der Waals surface area (Å²) in [6.07, 6.45) is 1.20. The molecule has 0 aromatic rings. The summed E-state index contributed by atoms with van der Waals surface area (Å²) < 4.78 is 12.5. The van der Waals surface area contributed by atoms with Crippen molar-refractivity contribution in [2.24, 2.45) is 0 Å². The van der Waals surface area contributed by atoms with Crippen LogP contribution in [-0.2, 0) is 9.26 Å². The van der Waals surface area contributed by atoms with Gasteiger partial charge in [0.05, 0.1) is 0 Å². The normalized spacial score (nSPS) is 35.1. The minimum Gasteiger partial charge on any atom is -0.639 e. The highest BCUT2D eigenvalue weighted by molar-refractivity contribution is 7.61. The van der Waals surface area contributed by atoms with Gasteiger partial charge in [-0.3, -0.25) is 0 Å². The molecule has 1 aliphatic rings. The average Bonchev–Trinajstić information content (AvgIpc) is 2.02. The van der Waals surface area contributed by atoms with Gasteiger partial charge in [0.15, 0.2) is 6.35 Å². The molecule has 1 heterocycles. The van der Waals surface area contributed by atoms with E-state index >= 15 is 0 Å². The Hall–Kier alpha value is 0.270. The summed E-state index contributed by atoms with van der Waals surface area (Å²) in [6, 6.07) is 0.239. The number of ether oxygens (including phenoxy) is 1. The number of methoxy groups -OCH3 is 1. The van der Waals surface area contributed by atoms with E-state index in [2.05, 4.69) is 0 Å². The van der Waals surface area contributed by atoms with Crippen molar-refractivity contribution in [1.82, 2.24) is 4.67 Å². The summed E-state index contributed by atoms with van der Waals surface area (Å²) in [5.41, 5.74) is 0. The van der Waals surface area contributed by atoms with Crippen molar-refractivity contribution in [3.05, 3.63) is 0 Å². The molecule has 0 N–H and O–H groups in total. The fourth-order valence-electron chi connectivity index (χ4n) is 1.74. The molecule has 2 atom stereocenters. The first-order valence-electron chi connectivity index (χ1n) is 5.03. The highest BCUT2D eigenvalue weighted by Gasteiger charge is 2.43. The Morgan fingerprint density at radius 2 is 2.29 bits per heavy atom. The van der Waals surface area contributed by atoms with Crippen molar-refractivity contribution >= 4 is 7.87 Å². The molecule has 0 amide bonds. The third-order valence-electron chi connectivity index (χ3n) is 2.39. The monoisotopic (exact) mass is 221 g/mol. The van der Waals surface area contributed by atoms with Crippen molar-refractivity contribution in [2.45, 2.75) is 39.3 Å². The highest BCUT2D eigenvalue weighted by Crippen LogP contribution is 2.59. The average molecular weight is 221 g/mol. The van der Waals surface area contributed by atoms with Crippen LogP contribution in [0.15, 0.2) is 0 Å². The van der Waals surface area contributed by atoms with Gasteiger partial charge in [-0.05, 0) is 27.2 Å². The molecular formula is C9H20NO3P. The van der Waals surface area contributed by atoms with Gasteiger partial charge in [0, 0.05) is 19.7 Å². The van der Waals surface area contributed by atoms with Gasteiger partial charge in [0.2, 0.25) is 7.87 Å². The predicted molar refractivity (Wildman–Crippen MR) is 55.8 cm³/mol. The first-order chi connectivity index (χ1) is 6.49. The van der Waals surface area contributed by atoms with E-state index in [-0.39, 0.29) is 18.5 Å². The van der Waals surface area contributed by atoms with Crippen LogP contribution in [0, 0.1) is 0 Å². The Kier molecular flexibility index (Phi) is 4.29. The maximum Gasteiger partial charge on any atom is 0.201 e. The summed E-state index contributed by atoms with van der Waals surface area (Å²) in [6.45, 7) is 6.85. The molecule has 0 bridgehead atoms. The SMILES string of the molecule is COC[P+]1([O-])O[C@@H](C)CCN1C(C)C. The van der Waals surface area contributed by atoms with E-state index in [9.17, 15) is 4.89 Å². The van der Waals surface area contributed by atoms with Crippen molar-refractivity contribution in [3.8, 4) is 0 Å². The first kappa shape index (κ1) is 12.3. The van der Waals surface area contributed by atoms with Gasteiger partial charge in [0.25, 0.3) is 0 Å². The van der Waals surface area contributed by atoms with Gasteiger partial charge in [-0.25, -0.2) is 4.52 Å². The highest BCUT2D eigenvalue weighted by atomic mass is 31.2. The van der Waals surface area contributed by atoms with E-state index in [1.54, 1.807) is 7.11 Å². The van der Waals surface area contributed by atoms with E-state index < -0.39 is 7.87 Å². The quantitative estimate of drug-likeness (QED) is 0.672. The van der Waals surface area contributed by atoms with Crippen molar-refractivity contribution < 1.29 is 14.2 Å². The standard InChI is InChI=1S/C9H20NO3P/c1-8(2)10-6-5-9(3)13-14(10,11)7-12-4/h8-9H,5-7H2,1-4H3/t9-,14?/m0/s1. The fourth-order valence-corrected chi connectivity index (χ4v) is 4.19. The summed E-state index contributed by atoms with van der Waals surface area (Å²) in [7, 11) is -1.17. The lowest BCUT2D eigenvalue weighted by molar-refractivity contribution is -0.222. The fraction of sp³-hybridized carbons (Fsp3) is 1.00. The molecule has 1 rings (SSSR count). The smallest absolute Gasteiger partial charge is 0.201 e. The van der Waals surface area contributed by atoms with Crippen LogP contribution in [0.1, 0.15) is 27.2 Å². The maximum absolute atomic E-state index is 12.4. The van der Waals surface area contributed by atoms with E-state index in [0.29, 0.717) is 0 Å². The van der Waals surface area contributed by atoms with Gasteiger partial charge < -0.3 is 9.63 Å². The minimum atomic E-state index is -2.72. The Morgan fingerprint density at radius 3 is 2.79 bits per heavy atom. The number of hydrogen-bond acceptors (Lipinski definition) is 4. The molecule has 1 fully saturated rings. The van der Waals surface area contributed by atoms with Crippen molar-refractivity contribution in [3.63, 3.8) is 0 Å². The van der Waals surface area contributed by atoms with Crippen molar-refractivity contribution in [2.75, 3.05) is 20.0 Å². The Labute approximate surface area is 86.7 Å². The molecule has 0 aromatic heterocycles. The van der Waals surface area contributed by atoms with Crippen LogP contribution in [0.5, 0.6) is 0 Å². The lowest BCUT2D eigenvalue weighted by atomic mass is 10.2. The molecule has 0 spiro atoms. The lowest BCUT2D eigenvalue weighted by Gasteiger charge is -2.44. The second kappa shape index (κ2) is 4.86. The molecule has 0 saturated carbocycles. The molecule has 0 aliphatic carbocycles. The van der Waals surface area contributed by atoms with Crippen LogP contribution >= 0.6 is 7.87 Å². The van der Waals surface area contributed by atoms with Crippen LogP contribution < -0.4 is 4.89 Å². The topological polar surface area (TPSA) is 44.8 Å². The molecule has 4 nitrogen and oxygen atoms in total. The van der Waals surface area contributed by atoms with Gasteiger partial charge in [-0.2, -0.15) is 4.67 Å². The second-order valence-corrected chi connectivity index (χ2v) is 6.27. The number of hydrogen-bond donors (Lipinski definition) is 0. The number of nitrogens with zero attached hydrogens (tertiary/aromatic N) is 1. The largest absolute Gasteiger partial charge is 0.639 e. The molecule has 0 radical (unpaired) electrons. The minimum absolute atomic E-state index is 0.0750. The molecule has 1 aliphatic heterocycles. The summed E-state index contributed by atoms with van der Waals surface area (Å²) >= 11 is 0.